The average molecular weight is 156 g/mol. The lowest BCUT2D eigenvalue weighted by Crippen LogP contribution is -2.52. The van der Waals surface area contributed by atoms with Crippen LogP contribution in [0.2, 0.25) is 0 Å². The van der Waals surface area contributed by atoms with Gasteiger partial charge in [0.05, 0.1) is 5.54 Å². The fourth-order valence-electron chi connectivity index (χ4n) is 0.748. The van der Waals surface area contributed by atoms with Crippen molar-refractivity contribution in [1.82, 2.24) is 5.32 Å². The first-order valence-corrected chi connectivity index (χ1v) is 3.95. The Morgan fingerprint density at radius 3 is 2.27 bits per heavy atom. The monoisotopic (exact) mass is 156 g/mol. The molecular weight excluding hydrogens is 140 g/mol. The van der Waals surface area contributed by atoms with Crippen molar-refractivity contribution < 1.29 is 4.79 Å². The van der Waals surface area contributed by atoms with Gasteiger partial charge in [0.25, 0.3) is 0 Å². The van der Waals surface area contributed by atoms with Gasteiger partial charge in [-0.1, -0.05) is 0 Å². The minimum atomic E-state index is -0.744. The van der Waals surface area contributed by atoms with E-state index in [0.717, 1.165) is 12.8 Å². The number of carbonyl (C=O) groups excluding carboxylic acids is 1. The van der Waals surface area contributed by atoms with Crippen molar-refractivity contribution in [3.05, 3.63) is 0 Å². The Morgan fingerprint density at radius 2 is 2.00 bits per heavy atom. The molecule has 0 aliphatic heterocycles. The first-order chi connectivity index (χ1) is 4.83. The van der Waals surface area contributed by atoms with E-state index in [1.807, 2.05) is 6.92 Å². The van der Waals surface area contributed by atoms with Crippen LogP contribution in [-0.2, 0) is 4.79 Å². The molecule has 0 radical (unpaired) electrons. The maximum absolute atomic E-state index is 11.3. The molecule has 0 heterocycles. The summed E-state index contributed by atoms with van der Waals surface area (Å²) in [6, 6.07) is 0. The minimum absolute atomic E-state index is 0.0493. The number of hydrogen-bond donors (Lipinski definition) is 2. The molecule has 0 saturated heterocycles. The number of amides is 1. The average Bonchev–Trinajstić information content (AvgIpc) is 2.45. The van der Waals surface area contributed by atoms with E-state index in [-0.39, 0.29) is 11.4 Å². The molecular formula is C8H16N2O. The zero-order chi connectivity index (χ0) is 8.70. The van der Waals surface area contributed by atoms with Crippen LogP contribution in [0.5, 0.6) is 0 Å². The molecule has 64 valence electrons. The topological polar surface area (TPSA) is 55.1 Å². The summed E-state index contributed by atoms with van der Waals surface area (Å²) in [4.78, 5) is 11.3. The zero-order valence-corrected chi connectivity index (χ0v) is 7.40. The summed E-state index contributed by atoms with van der Waals surface area (Å²) in [7, 11) is 0. The number of nitrogens with two attached hydrogens (primary N) is 1. The molecule has 1 aliphatic carbocycles. The lowest BCUT2D eigenvalue weighted by molar-refractivity contribution is -0.126. The molecule has 0 bridgehead atoms. The van der Waals surface area contributed by atoms with Crippen LogP contribution in [-0.4, -0.2) is 17.0 Å². The van der Waals surface area contributed by atoms with Crippen LogP contribution in [0, 0.1) is 0 Å². The van der Waals surface area contributed by atoms with Crippen LogP contribution in [0.3, 0.4) is 0 Å². The normalized spacial score (nSPS) is 21.1. The molecule has 1 saturated carbocycles. The highest BCUT2D eigenvalue weighted by Gasteiger charge is 2.40. The van der Waals surface area contributed by atoms with E-state index in [0.29, 0.717) is 0 Å². The van der Waals surface area contributed by atoms with Gasteiger partial charge in [-0.25, -0.2) is 0 Å². The van der Waals surface area contributed by atoms with Gasteiger partial charge in [0.2, 0.25) is 5.91 Å². The van der Waals surface area contributed by atoms with Gasteiger partial charge in [-0.05, 0) is 33.6 Å². The second-order valence-electron chi connectivity index (χ2n) is 4.24. The quantitative estimate of drug-likeness (QED) is 0.607. The Bertz CT molecular complexity index is 177. The fourth-order valence-corrected chi connectivity index (χ4v) is 0.748. The summed E-state index contributed by atoms with van der Waals surface area (Å²) in [5, 5.41) is 2.91. The van der Waals surface area contributed by atoms with Gasteiger partial charge in [-0.3, -0.25) is 4.79 Å². The van der Waals surface area contributed by atoms with Crippen molar-refractivity contribution in [2.75, 3.05) is 0 Å². The third-order valence-electron chi connectivity index (χ3n) is 2.00. The second kappa shape index (κ2) is 2.21. The van der Waals surface area contributed by atoms with Crippen molar-refractivity contribution >= 4 is 5.91 Å². The Kier molecular flexibility index (Phi) is 1.71. The Balaban J connectivity index is 2.44. The van der Waals surface area contributed by atoms with E-state index in [4.69, 9.17) is 5.73 Å². The molecule has 0 aromatic rings. The summed E-state index contributed by atoms with van der Waals surface area (Å²) in [5.41, 5.74) is 4.91. The highest BCUT2D eigenvalue weighted by molar-refractivity contribution is 5.86. The van der Waals surface area contributed by atoms with Gasteiger partial charge < -0.3 is 11.1 Å². The largest absolute Gasteiger partial charge is 0.349 e. The van der Waals surface area contributed by atoms with Gasteiger partial charge >= 0.3 is 0 Å². The first kappa shape index (κ1) is 8.53. The van der Waals surface area contributed by atoms with E-state index in [9.17, 15) is 4.79 Å². The summed E-state index contributed by atoms with van der Waals surface area (Å²) in [5.74, 6) is -0.0579. The molecule has 1 amide bonds. The zero-order valence-electron chi connectivity index (χ0n) is 7.40. The van der Waals surface area contributed by atoms with Gasteiger partial charge in [-0.15, -0.1) is 0 Å². The molecule has 3 nitrogen and oxygen atoms in total. The summed E-state index contributed by atoms with van der Waals surface area (Å²) in [6.07, 6.45) is 2.16. The van der Waals surface area contributed by atoms with Crippen LogP contribution in [0.25, 0.3) is 0 Å². The third-order valence-corrected chi connectivity index (χ3v) is 2.00. The van der Waals surface area contributed by atoms with E-state index >= 15 is 0 Å². The van der Waals surface area contributed by atoms with E-state index in [1.165, 1.54) is 0 Å². The molecule has 1 fully saturated rings. The van der Waals surface area contributed by atoms with Crippen molar-refractivity contribution in [1.29, 1.82) is 0 Å². The number of hydrogen-bond acceptors (Lipinski definition) is 2. The number of rotatable bonds is 2. The third kappa shape index (κ3) is 2.19. The van der Waals surface area contributed by atoms with Crippen LogP contribution >= 0.6 is 0 Å². The Morgan fingerprint density at radius 1 is 1.55 bits per heavy atom. The van der Waals surface area contributed by atoms with Crippen molar-refractivity contribution in [3.8, 4) is 0 Å². The first-order valence-electron chi connectivity index (χ1n) is 3.95. The minimum Gasteiger partial charge on any atom is -0.349 e. The SMILES string of the molecule is CC1(NC(=O)C(C)(C)N)CC1. The second-order valence-corrected chi connectivity index (χ2v) is 4.24. The van der Waals surface area contributed by atoms with Crippen molar-refractivity contribution in [2.45, 2.75) is 44.7 Å². The smallest absolute Gasteiger partial charge is 0.239 e. The Hall–Kier alpha value is -0.570. The fraction of sp³-hybridized carbons (Fsp3) is 0.875. The highest BCUT2D eigenvalue weighted by atomic mass is 16.2. The molecule has 3 heteroatoms. The maximum atomic E-state index is 11.3. The van der Waals surface area contributed by atoms with Crippen molar-refractivity contribution in [2.24, 2.45) is 5.73 Å². The lowest BCUT2D eigenvalue weighted by Gasteiger charge is -2.21. The summed E-state index contributed by atoms with van der Waals surface area (Å²) < 4.78 is 0. The molecule has 0 spiro atoms. The van der Waals surface area contributed by atoms with E-state index in [1.54, 1.807) is 13.8 Å². The van der Waals surface area contributed by atoms with Crippen LogP contribution < -0.4 is 11.1 Å². The molecule has 11 heavy (non-hydrogen) atoms. The van der Waals surface area contributed by atoms with E-state index < -0.39 is 5.54 Å². The Labute approximate surface area is 67.3 Å². The van der Waals surface area contributed by atoms with E-state index in [2.05, 4.69) is 5.32 Å². The van der Waals surface area contributed by atoms with Crippen LogP contribution in [0.4, 0.5) is 0 Å². The molecule has 0 atom stereocenters. The van der Waals surface area contributed by atoms with Gasteiger partial charge in [0.1, 0.15) is 0 Å². The standard InChI is InChI=1S/C8H16N2O/c1-7(2,9)6(11)10-8(3)4-5-8/h4-5,9H2,1-3H3,(H,10,11). The van der Waals surface area contributed by atoms with Crippen molar-refractivity contribution in [3.63, 3.8) is 0 Å². The lowest BCUT2D eigenvalue weighted by atomic mass is 10.1. The predicted molar refractivity (Wildman–Crippen MR) is 44.0 cm³/mol. The number of nitrogens with one attached hydrogen (secondary N) is 1. The van der Waals surface area contributed by atoms with Crippen LogP contribution in [0.1, 0.15) is 33.6 Å². The molecule has 0 aromatic carbocycles. The van der Waals surface area contributed by atoms with Gasteiger partial charge in [0.15, 0.2) is 0 Å². The van der Waals surface area contributed by atoms with Crippen LogP contribution in [0.15, 0.2) is 0 Å². The maximum Gasteiger partial charge on any atom is 0.239 e. The molecule has 0 unspecified atom stereocenters. The highest BCUT2D eigenvalue weighted by Crippen LogP contribution is 2.34. The summed E-state index contributed by atoms with van der Waals surface area (Å²) in [6.45, 7) is 5.47. The molecule has 1 rings (SSSR count). The molecule has 1 aliphatic rings. The number of carbonyl (C=O) groups is 1. The van der Waals surface area contributed by atoms with Gasteiger partial charge in [-0.2, -0.15) is 0 Å². The molecule has 3 N–H and O–H groups in total. The summed E-state index contributed by atoms with van der Waals surface area (Å²) >= 11 is 0. The molecule has 0 aromatic heterocycles. The predicted octanol–water partition coefficient (Wildman–Crippen LogP) is 0.392. The van der Waals surface area contributed by atoms with Gasteiger partial charge in [0, 0.05) is 5.54 Å².